The number of benzene rings is 1. The van der Waals surface area contributed by atoms with E-state index in [4.69, 9.17) is 0 Å². The van der Waals surface area contributed by atoms with Crippen LogP contribution >= 0.6 is 0 Å². The summed E-state index contributed by atoms with van der Waals surface area (Å²) in [6.07, 6.45) is 1.98. The maximum Gasteiger partial charge on any atom is 0.161 e. The lowest BCUT2D eigenvalue weighted by Crippen LogP contribution is -1.94. The number of hydrogen-bond donors (Lipinski definition) is 0. The highest BCUT2D eigenvalue weighted by molar-refractivity contribution is 5.21. The Kier molecular flexibility index (Phi) is 2.74. The quantitative estimate of drug-likeness (QED) is 0.603. The Morgan fingerprint density at radius 3 is 2.25 bits per heavy atom. The van der Waals surface area contributed by atoms with Crippen LogP contribution < -0.4 is 0 Å². The summed E-state index contributed by atoms with van der Waals surface area (Å²) in [5.41, 5.74) is 0.177. The zero-order valence-corrected chi connectivity index (χ0v) is 6.57. The molecule has 1 aromatic carbocycles. The van der Waals surface area contributed by atoms with Gasteiger partial charge in [0.2, 0.25) is 0 Å². The molecule has 12 heavy (non-hydrogen) atoms. The topological polar surface area (TPSA) is 0 Å². The Bertz CT molecular complexity index is 281. The van der Waals surface area contributed by atoms with Gasteiger partial charge in [0, 0.05) is 6.07 Å². The van der Waals surface area contributed by atoms with Gasteiger partial charge in [-0.1, -0.05) is 6.92 Å². The van der Waals surface area contributed by atoms with Crippen LogP contribution in [0.4, 0.5) is 13.2 Å². The summed E-state index contributed by atoms with van der Waals surface area (Å²) in [6, 6.07) is 1.44. The van der Waals surface area contributed by atoms with Crippen molar-refractivity contribution in [3.05, 3.63) is 41.6 Å². The minimum absolute atomic E-state index is 0.177. The number of hydrogen-bond acceptors (Lipinski definition) is 0. The fraction of sp³-hybridized carbons (Fsp3) is 0.222. The summed E-state index contributed by atoms with van der Waals surface area (Å²) < 4.78 is 37.7. The summed E-state index contributed by atoms with van der Waals surface area (Å²) in [4.78, 5) is 0. The molecule has 0 aromatic heterocycles. The molecule has 0 aliphatic heterocycles. The van der Waals surface area contributed by atoms with E-state index in [1.165, 1.54) is 0 Å². The van der Waals surface area contributed by atoms with Crippen molar-refractivity contribution >= 4 is 0 Å². The van der Waals surface area contributed by atoms with Gasteiger partial charge in [-0.3, -0.25) is 0 Å². The van der Waals surface area contributed by atoms with Crippen LogP contribution in [0.3, 0.4) is 0 Å². The smallest absolute Gasteiger partial charge is 0.161 e. The molecule has 0 spiro atoms. The summed E-state index contributed by atoms with van der Waals surface area (Å²) in [6.45, 7) is 1.72. The molecule has 0 fully saturated rings. The second-order valence-electron chi connectivity index (χ2n) is 2.47. The summed E-state index contributed by atoms with van der Waals surface area (Å²) >= 11 is 0. The third kappa shape index (κ3) is 1.78. The lowest BCUT2D eigenvalue weighted by atomic mass is 10.1. The summed E-state index contributed by atoms with van der Waals surface area (Å²) in [5, 5.41) is 0. The van der Waals surface area contributed by atoms with E-state index in [0.717, 1.165) is 6.07 Å². The van der Waals surface area contributed by atoms with Gasteiger partial charge in [-0.05, 0) is 24.5 Å². The molecule has 1 rings (SSSR count). The molecule has 1 radical (unpaired) electrons. The van der Waals surface area contributed by atoms with Crippen molar-refractivity contribution in [3.63, 3.8) is 0 Å². The van der Waals surface area contributed by atoms with Gasteiger partial charge in [-0.25, -0.2) is 13.2 Å². The van der Waals surface area contributed by atoms with Gasteiger partial charge in [-0.2, -0.15) is 0 Å². The minimum atomic E-state index is -1.15. The van der Waals surface area contributed by atoms with Gasteiger partial charge in [0.25, 0.3) is 0 Å². The number of halogens is 3. The molecule has 0 unspecified atom stereocenters. The van der Waals surface area contributed by atoms with Crippen molar-refractivity contribution in [2.24, 2.45) is 0 Å². The first-order valence-corrected chi connectivity index (χ1v) is 3.56. The molecule has 0 saturated heterocycles. The Morgan fingerprint density at radius 1 is 1.08 bits per heavy atom. The van der Waals surface area contributed by atoms with Crippen molar-refractivity contribution < 1.29 is 13.2 Å². The molecule has 3 heteroatoms. The second kappa shape index (κ2) is 3.61. The monoisotopic (exact) mass is 173 g/mol. The van der Waals surface area contributed by atoms with E-state index in [-0.39, 0.29) is 5.56 Å². The molecule has 1 aromatic rings. The highest BCUT2D eigenvalue weighted by Crippen LogP contribution is 2.14. The molecule has 0 nitrogen and oxygen atoms in total. The first-order valence-electron chi connectivity index (χ1n) is 3.56. The van der Waals surface area contributed by atoms with Gasteiger partial charge in [0.1, 0.15) is 5.82 Å². The molecular formula is C9H8F3. The predicted molar refractivity (Wildman–Crippen MR) is 40.0 cm³/mol. The predicted octanol–water partition coefficient (Wildman–Crippen LogP) is 2.87. The van der Waals surface area contributed by atoms with E-state index in [1.54, 1.807) is 13.3 Å². The van der Waals surface area contributed by atoms with Gasteiger partial charge in [-0.15, -0.1) is 0 Å². The molecule has 0 saturated carbocycles. The SMILES string of the molecule is C[CH]Cc1cc(F)c(F)cc1F. The standard InChI is InChI=1S/C9H8F3/c1-2-3-6-4-8(11)9(12)5-7(6)10/h2,4-5H,3H2,1H3. The second-order valence-corrected chi connectivity index (χ2v) is 2.47. The molecule has 0 aliphatic rings. The van der Waals surface area contributed by atoms with Crippen LogP contribution in [0.15, 0.2) is 12.1 Å². The Hall–Kier alpha value is -0.990. The van der Waals surface area contributed by atoms with Crippen LogP contribution in [-0.2, 0) is 6.42 Å². The van der Waals surface area contributed by atoms with Gasteiger partial charge < -0.3 is 0 Å². The van der Waals surface area contributed by atoms with Crippen molar-refractivity contribution in [2.45, 2.75) is 13.3 Å². The first-order chi connectivity index (χ1) is 5.65. The first kappa shape index (κ1) is 9.10. The van der Waals surface area contributed by atoms with Crippen LogP contribution in [0.5, 0.6) is 0 Å². The largest absolute Gasteiger partial charge is 0.207 e. The molecule has 65 valence electrons. The molecular weight excluding hydrogens is 165 g/mol. The third-order valence-electron chi connectivity index (χ3n) is 1.51. The van der Waals surface area contributed by atoms with E-state index in [0.29, 0.717) is 12.5 Å². The summed E-state index contributed by atoms with van der Waals surface area (Å²) in [5.74, 6) is -2.85. The molecule has 0 aliphatic carbocycles. The lowest BCUT2D eigenvalue weighted by Gasteiger charge is -2.01. The highest BCUT2D eigenvalue weighted by Gasteiger charge is 2.08. The van der Waals surface area contributed by atoms with Gasteiger partial charge >= 0.3 is 0 Å². The van der Waals surface area contributed by atoms with Crippen LogP contribution in [-0.4, -0.2) is 0 Å². The molecule has 0 heterocycles. The average molecular weight is 173 g/mol. The van der Waals surface area contributed by atoms with Crippen molar-refractivity contribution in [2.75, 3.05) is 0 Å². The zero-order chi connectivity index (χ0) is 9.14. The van der Waals surface area contributed by atoms with E-state index in [1.807, 2.05) is 0 Å². The van der Waals surface area contributed by atoms with Crippen molar-refractivity contribution in [3.8, 4) is 0 Å². The van der Waals surface area contributed by atoms with Crippen molar-refractivity contribution in [1.82, 2.24) is 0 Å². The van der Waals surface area contributed by atoms with E-state index >= 15 is 0 Å². The average Bonchev–Trinajstić information content (AvgIpc) is 2.01. The minimum Gasteiger partial charge on any atom is -0.207 e. The third-order valence-corrected chi connectivity index (χ3v) is 1.51. The fourth-order valence-electron chi connectivity index (χ4n) is 0.940. The maximum absolute atomic E-state index is 12.8. The Balaban J connectivity index is 3.05. The van der Waals surface area contributed by atoms with Crippen LogP contribution in [0.2, 0.25) is 0 Å². The Morgan fingerprint density at radius 2 is 1.67 bits per heavy atom. The fourth-order valence-corrected chi connectivity index (χ4v) is 0.940. The summed E-state index contributed by atoms with van der Waals surface area (Å²) in [7, 11) is 0. The number of rotatable bonds is 2. The molecule has 0 amide bonds. The molecule has 0 bridgehead atoms. The maximum atomic E-state index is 12.8. The lowest BCUT2D eigenvalue weighted by molar-refractivity contribution is 0.491. The van der Waals surface area contributed by atoms with Gasteiger partial charge in [0.05, 0.1) is 0 Å². The van der Waals surface area contributed by atoms with Gasteiger partial charge in [0.15, 0.2) is 11.6 Å². The molecule has 0 atom stereocenters. The molecule has 0 N–H and O–H groups in total. The van der Waals surface area contributed by atoms with Crippen LogP contribution in [0, 0.1) is 23.9 Å². The van der Waals surface area contributed by atoms with Crippen LogP contribution in [0.1, 0.15) is 12.5 Å². The van der Waals surface area contributed by atoms with Crippen LogP contribution in [0.25, 0.3) is 0 Å². The normalized spacial score (nSPS) is 10.3. The zero-order valence-electron chi connectivity index (χ0n) is 6.57. The highest BCUT2D eigenvalue weighted by atomic mass is 19.2. The van der Waals surface area contributed by atoms with Crippen molar-refractivity contribution in [1.29, 1.82) is 0 Å². The van der Waals surface area contributed by atoms with E-state index in [2.05, 4.69) is 0 Å². The van der Waals surface area contributed by atoms with E-state index < -0.39 is 17.5 Å². The Labute approximate surface area is 69.0 Å². The van der Waals surface area contributed by atoms with E-state index in [9.17, 15) is 13.2 Å².